The van der Waals surface area contributed by atoms with Crippen LogP contribution in [-0.2, 0) is 9.47 Å². The molecule has 1 N–H and O–H groups in total. The second-order valence-corrected chi connectivity index (χ2v) is 4.57. The first kappa shape index (κ1) is 14.4. The Morgan fingerprint density at radius 1 is 1.47 bits per heavy atom. The molecule has 2 unspecified atom stereocenters. The quantitative estimate of drug-likeness (QED) is 0.862. The molecule has 0 aromatic heterocycles. The van der Waals surface area contributed by atoms with E-state index in [2.05, 4.69) is 5.32 Å². The van der Waals surface area contributed by atoms with Crippen LogP contribution < -0.4 is 5.32 Å². The van der Waals surface area contributed by atoms with Crippen LogP contribution in [0.1, 0.15) is 24.9 Å². The lowest BCUT2D eigenvalue weighted by Crippen LogP contribution is -2.29. The molecule has 1 aromatic carbocycles. The molecule has 1 saturated heterocycles. The molecule has 1 aliphatic rings. The van der Waals surface area contributed by atoms with E-state index in [9.17, 15) is 8.78 Å². The molecular formula is C14H19F2NO2. The van der Waals surface area contributed by atoms with Crippen LogP contribution in [0.15, 0.2) is 18.2 Å². The lowest BCUT2D eigenvalue weighted by atomic mass is 10.1. The highest BCUT2D eigenvalue weighted by molar-refractivity contribution is 5.22. The first-order valence-corrected chi connectivity index (χ1v) is 6.59. The number of halogens is 2. The molecule has 0 radical (unpaired) electrons. The van der Waals surface area contributed by atoms with Crippen molar-refractivity contribution >= 4 is 0 Å². The van der Waals surface area contributed by atoms with E-state index in [1.54, 1.807) is 6.07 Å². The minimum absolute atomic E-state index is 0.0535. The van der Waals surface area contributed by atoms with E-state index >= 15 is 0 Å². The minimum atomic E-state index is -0.829. The number of benzene rings is 1. The highest BCUT2D eigenvalue weighted by atomic mass is 19.2. The van der Waals surface area contributed by atoms with Crippen molar-refractivity contribution in [2.75, 3.05) is 26.4 Å². The van der Waals surface area contributed by atoms with Crippen molar-refractivity contribution in [2.24, 2.45) is 0 Å². The predicted molar refractivity (Wildman–Crippen MR) is 68.0 cm³/mol. The van der Waals surface area contributed by atoms with E-state index in [1.165, 1.54) is 6.07 Å². The van der Waals surface area contributed by atoms with Crippen LogP contribution in [0.5, 0.6) is 0 Å². The third-order valence-electron chi connectivity index (χ3n) is 3.19. The lowest BCUT2D eigenvalue weighted by Gasteiger charge is -2.21. The van der Waals surface area contributed by atoms with Gasteiger partial charge < -0.3 is 14.8 Å². The van der Waals surface area contributed by atoms with E-state index in [0.717, 1.165) is 12.5 Å². The lowest BCUT2D eigenvalue weighted by molar-refractivity contribution is 0.0294. The fourth-order valence-electron chi connectivity index (χ4n) is 2.17. The molecule has 0 bridgehead atoms. The molecule has 106 valence electrons. The first-order valence-electron chi connectivity index (χ1n) is 6.59. The number of ether oxygens (including phenoxy) is 2. The summed E-state index contributed by atoms with van der Waals surface area (Å²) < 4.78 is 37.9. The SMILES string of the molecule is CCNC(COC1CCOC1)c1cccc(F)c1F. The summed E-state index contributed by atoms with van der Waals surface area (Å²) in [5.74, 6) is -1.63. The number of hydrogen-bond donors (Lipinski definition) is 1. The molecule has 1 fully saturated rings. The zero-order valence-corrected chi connectivity index (χ0v) is 11.0. The van der Waals surface area contributed by atoms with Crippen LogP contribution in [0.4, 0.5) is 8.78 Å². The van der Waals surface area contributed by atoms with E-state index in [0.29, 0.717) is 31.9 Å². The second-order valence-electron chi connectivity index (χ2n) is 4.57. The molecular weight excluding hydrogens is 252 g/mol. The van der Waals surface area contributed by atoms with E-state index in [-0.39, 0.29) is 12.1 Å². The summed E-state index contributed by atoms with van der Waals surface area (Å²) in [5.41, 5.74) is 0.306. The molecule has 2 rings (SSSR count). The van der Waals surface area contributed by atoms with E-state index in [4.69, 9.17) is 9.47 Å². The number of hydrogen-bond acceptors (Lipinski definition) is 3. The zero-order valence-electron chi connectivity index (χ0n) is 11.0. The third-order valence-corrected chi connectivity index (χ3v) is 3.19. The third kappa shape index (κ3) is 3.72. The number of rotatable bonds is 6. The van der Waals surface area contributed by atoms with Crippen molar-refractivity contribution < 1.29 is 18.3 Å². The minimum Gasteiger partial charge on any atom is -0.379 e. The average molecular weight is 271 g/mol. The maximum atomic E-state index is 13.8. The summed E-state index contributed by atoms with van der Waals surface area (Å²) in [6.45, 7) is 4.16. The Hall–Kier alpha value is -1.04. The molecule has 1 aliphatic heterocycles. The Labute approximate surface area is 111 Å². The van der Waals surface area contributed by atoms with Crippen molar-refractivity contribution in [3.8, 4) is 0 Å². The van der Waals surface area contributed by atoms with Gasteiger partial charge in [0.25, 0.3) is 0 Å². The van der Waals surface area contributed by atoms with E-state index < -0.39 is 11.6 Å². The fourth-order valence-corrected chi connectivity index (χ4v) is 2.17. The van der Waals surface area contributed by atoms with Gasteiger partial charge in [-0.1, -0.05) is 19.1 Å². The van der Waals surface area contributed by atoms with Crippen molar-refractivity contribution in [1.82, 2.24) is 5.32 Å². The molecule has 3 nitrogen and oxygen atoms in total. The van der Waals surface area contributed by atoms with Crippen molar-refractivity contribution in [3.05, 3.63) is 35.4 Å². The van der Waals surface area contributed by atoms with Gasteiger partial charge in [-0.25, -0.2) is 8.78 Å². The van der Waals surface area contributed by atoms with Crippen LogP contribution in [0, 0.1) is 11.6 Å². The monoisotopic (exact) mass is 271 g/mol. The Morgan fingerprint density at radius 3 is 3.00 bits per heavy atom. The largest absolute Gasteiger partial charge is 0.379 e. The molecule has 1 heterocycles. The van der Waals surface area contributed by atoms with Gasteiger partial charge in [0.1, 0.15) is 0 Å². The van der Waals surface area contributed by atoms with Crippen LogP contribution in [-0.4, -0.2) is 32.5 Å². The van der Waals surface area contributed by atoms with Gasteiger partial charge in [-0.15, -0.1) is 0 Å². The molecule has 0 aliphatic carbocycles. The normalized spacial score (nSPS) is 20.7. The van der Waals surface area contributed by atoms with Gasteiger partial charge >= 0.3 is 0 Å². The number of likely N-dealkylation sites (N-methyl/N-ethyl adjacent to an activating group) is 1. The fraction of sp³-hybridized carbons (Fsp3) is 0.571. The van der Waals surface area contributed by atoms with Gasteiger partial charge in [0, 0.05) is 12.2 Å². The smallest absolute Gasteiger partial charge is 0.163 e. The Kier molecular flexibility index (Phi) is 5.24. The molecule has 0 spiro atoms. The Balaban J connectivity index is 2.03. The summed E-state index contributed by atoms with van der Waals surface area (Å²) >= 11 is 0. The molecule has 0 saturated carbocycles. The summed E-state index contributed by atoms with van der Waals surface area (Å²) in [5, 5.41) is 3.12. The van der Waals surface area contributed by atoms with Gasteiger partial charge in [-0.3, -0.25) is 0 Å². The van der Waals surface area contributed by atoms with Gasteiger partial charge in [0.15, 0.2) is 11.6 Å². The molecule has 19 heavy (non-hydrogen) atoms. The highest BCUT2D eigenvalue weighted by Gasteiger charge is 2.21. The van der Waals surface area contributed by atoms with Gasteiger partial charge in [-0.2, -0.15) is 0 Å². The van der Waals surface area contributed by atoms with Crippen molar-refractivity contribution in [3.63, 3.8) is 0 Å². The van der Waals surface area contributed by atoms with Crippen LogP contribution >= 0.6 is 0 Å². The summed E-state index contributed by atoms with van der Waals surface area (Å²) in [6.07, 6.45) is 0.905. The second kappa shape index (κ2) is 6.93. The van der Waals surface area contributed by atoms with Crippen molar-refractivity contribution in [2.45, 2.75) is 25.5 Å². The average Bonchev–Trinajstić information content (AvgIpc) is 2.91. The zero-order chi connectivity index (χ0) is 13.7. The molecule has 5 heteroatoms. The first-order chi connectivity index (χ1) is 9.22. The van der Waals surface area contributed by atoms with Gasteiger partial charge in [0.2, 0.25) is 0 Å². The predicted octanol–water partition coefficient (Wildman–Crippen LogP) is 2.42. The number of nitrogens with one attached hydrogen (secondary N) is 1. The highest BCUT2D eigenvalue weighted by Crippen LogP contribution is 2.21. The van der Waals surface area contributed by atoms with E-state index in [1.807, 2.05) is 6.92 Å². The topological polar surface area (TPSA) is 30.5 Å². The molecule has 1 aromatic rings. The molecule has 2 atom stereocenters. The summed E-state index contributed by atoms with van der Waals surface area (Å²) in [6, 6.07) is 3.87. The van der Waals surface area contributed by atoms with Gasteiger partial charge in [0.05, 0.1) is 25.4 Å². The standard InChI is InChI=1S/C14H19F2NO2/c1-2-17-13(9-19-10-6-7-18-8-10)11-4-3-5-12(15)14(11)16/h3-5,10,13,17H,2,6-9H2,1H3. The maximum absolute atomic E-state index is 13.8. The van der Waals surface area contributed by atoms with Gasteiger partial charge in [-0.05, 0) is 19.0 Å². The Morgan fingerprint density at radius 2 is 2.32 bits per heavy atom. The summed E-state index contributed by atoms with van der Waals surface area (Å²) in [4.78, 5) is 0. The van der Waals surface area contributed by atoms with Crippen LogP contribution in [0.2, 0.25) is 0 Å². The van der Waals surface area contributed by atoms with Crippen molar-refractivity contribution in [1.29, 1.82) is 0 Å². The maximum Gasteiger partial charge on any atom is 0.163 e. The molecule has 0 amide bonds. The van der Waals surface area contributed by atoms with Crippen LogP contribution in [0.3, 0.4) is 0 Å². The Bertz CT molecular complexity index is 408. The van der Waals surface area contributed by atoms with Crippen LogP contribution in [0.25, 0.3) is 0 Å². The summed E-state index contributed by atoms with van der Waals surface area (Å²) in [7, 11) is 0.